The Morgan fingerprint density at radius 1 is 0.692 bits per heavy atom. The van der Waals surface area contributed by atoms with Crippen molar-refractivity contribution in [1.82, 2.24) is 6.15 Å². The molecule has 6 N–H and O–H groups in total. The summed E-state index contributed by atoms with van der Waals surface area (Å²) in [7, 11) is 0. The molecule has 0 radical (unpaired) electrons. The Labute approximate surface area is 197 Å². The zero-order chi connectivity index (χ0) is 19.7. The Hall–Kier alpha value is 1.04. The summed E-state index contributed by atoms with van der Waals surface area (Å²) >= 11 is -24.0. The fourth-order valence-electron chi connectivity index (χ4n) is 0.549. The van der Waals surface area contributed by atoms with Crippen LogP contribution in [0, 0.1) is 0 Å². The second kappa shape index (κ2) is 15.0. The van der Waals surface area contributed by atoms with Crippen molar-refractivity contribution in [2.75, 3.05) is 0 Å². The van der Waals surface area contributed by atoms with E-state index in [1.165, 1.54) is 0 Å². The van der Waals surface area contributed by atoms with Crippen molar-refractivity contribution in [2.24, 2.45) is 0 Å². The number of hydrogen-bond acceptors (Lipinski definition) is 13. The first-order valence-corrected chi connectivity index (χ1v) is 13.0. The molecule has 0 spiro atoms. The van der Waals surface area contributed by atoms with Crippen LogP contribution in [-0.4, -0.2) is 4.16 Å². The molecule has 1 aromatic heterocycles. The van der Waals surface area contributed by atoms with Crippen molar-refractivity contribution in [3.05, 3.63) is 30.6 Å². The van der Waals surface area contributed by atoms with E-state index in [-0.39, 0.29) is 57.5 Å². The minimum Gasteiger partial charge on any atom is -0.218 e. The van der Waals surface area contributed by atoms with Crippen LogP contribution in [0.3, 0.4) is 0 Å². The summed E-state index contributed by atoms with van der Waals surface area (Å²) in [6, 6.07) is 5.86. The maximum atomic E-state index is 9.49. The molecule has 0 bridgehead atoms. The van der Waals surface area contributed by atoms with E-state index in [1.807, 2.05) is 30.6 Å². The molecule has 0 aliphatic heterocycles. The summed E-state index contributed by atoms with van der Waals surface area (Å²) in [6.45, 7) is 0. The van der Waals surface area contributed by atoms with E-state index >= 15 is 0 Å². The van der Waals surface area contributed by atoms with Crippen molar-refractivity contribution in [3.8, 4) is 0 Å². The molecule has 1 aromatic rings. The maximum absolute atomic E-state index is 9.49. The molecule has 0 aliphatic rings. The molecule has 1 rings (SSSR count). The number of H-pyrrole nitrogens is 1. The average molecular weight is 570 g/mol. The summed E-state index contributed by atoms with van der Waals surface area (Å²) < 4.78 is 116. The van der Waals surface area contributed by atoms with Crippen LogP contribution < -0.4 is 75.0 Å². The molecule has 0 aromatic carbocycles. The van der Waals surface area contributed by atoms with Gasteiger partial charge < -0.3 is 6.15 Å². The van der Waals surface area contributed by atoms with Crippen molar-refractivity contribution in [1.29, 1.82) is 0 Å². The van der Waals surface area contributed by atoms with Gasteiger partial charge in [0.2, 0.25) is 0 Å². The van der Waals surface area contributed by atoms with Crippen molar-refractivity contribution >= 4 is 0 Å². The normalized spacial score (nSPS) is 11.2. The first-order valence-electron chi connectivity index (χ1n) is 4.59. The Kier molecular flexibility index (Phi) is 19.9. The van der Waals surface area contributed by atoms with Gasteiger partial charge in [0.15, 0.2) is 12.4 Å². The molecule has 0 fully saturated rings. The van der Waals surface area contributed by atoms with E-state index < -0.39 is 54.5 Å². The van der Waals surface area contributed by atoms with Crippen LogP contribution in [0.15, 0.2) is 30.6 Å². The van der Waals surface area contributed by atoms with E-state index in [2.05, 4.69) is 10.7 Å². The minimum absolute atomic E-state index is 0. The van der Waals surface area contributed by atoms with Crippen LogP contribution in [0.1, 0.15) is 0 Å². The van der Waals surface area contributed by atoms with Gasteiger partial charge in [0, 0.05) is 12.1 Å². The van der Waals surface area contributed by atoms with Crippen LogP contribution in [0.5, 0.6) is 0 Å². The second-order valence-electron chi connectivity index (χ2n) is 2.87. The molecule has 0 saturated heterocycles. The fraction of sp³-hybridized carbons (Fsp3) is 0. The van der Waals surface area contributed by atoms with E-state index in [4.69, 9.17) is 4.16 Å². The first-order chi connectivity index (χ1) is 10.4. The Morgan fingerprint density at radius 3 is 1.04 bits per heavy atom. The molecule has 0 atom stereocenters. The molecule has 0 saturated carbocycles. The topological polar surface area (TPSA) is 295 Å². The van der Waals surface area contributed by atoms with Gasteiger partial charge in [-0.1, -0.05) is 6.07 Å². The van der Waals surface area contributed by atoms with E-state index in [0.29, 0.717) is 0 Å². The van der Waals surface area contributed by atoms with Gasteiger partial charge in [0.25, 0.3) is 0 Å². The quantitative estimate of drug-likeness (QED) is 0.318. The van der Waals surface area contributed by atoms with Gasteiger partial charge in [0.05, 0.1) is 0 Å². The molecule has 0 aliphatic carbocycles. The number of quaternary nitrogens is 1. The summed E-state index contributed by atoms with van der Waals surface area (Å²) in [5.74, 6) is 0. The zero-order valence-corrected chi connectivity index (χ0v) is 21.0. The minimum atomic E-state index is -6.07. The van der Waals surface area contributed by atoms with Gasteiger partial charge in [-0.3, -0.25) is 0 Å². The van der Waals surface area contributed by atoms with Gasteiger partial charge in [-0.05, 0) is 0 Å². The fourth-order valence-corrected chi connectivity index (χ4v) is 3.87. The number of pyridine rings is 1. The molecular weight excluding hydrogens is 559 g/mol. The zero-order valence-electron chi connectivity index (χ0n) is 12.8. The number of aromatic amines is 1. The van der Waals surface area contributed by atoms with Crippen LogP contribution in [-0.2, 0) is 90.6 Å². The van der Waals surface area contributed by atoms with Crippen LogP contribution >= 0.6 is 0 Å². The summed E-state index contributed by atoms with van der Waals surface area (Å²) in [5.41, 5.74) is 0. The molecule has 21 heteroatoms. The third-order valence-corrected chi connectivity index (χ3v) is 6.32. The van der Waals surface area contributed by atoms with Crippen LogP contribution in [0.4, 0.5) is 0 Å². The molecule has 0 unspecified atom stereocenters. The monoisotopic (exact) mass is 570 g/mol. The van der Waals surface area contributed by atoms with Gasteiger partial charge in [-0.25, -0.2) is 4.98 Å². The summed E-state index contributed by atoms with van der Waals surface area (Å²) in [6.07, 6.45) is 3.75. The van der Waals surface area contributed by atoms with Crippen LogP contribution in [0.2, 0.25) is 0 Å². The van der Waals surface area contributed by atoms with Crippen molar-refractivity contribution in [3.63, 3.8) is 0 Å². The molecule has 0 amide bonds. The number of hydrogen-bond donors (Lipinski definition) is 2. The van der Waals surface area contributed by atoms with Gasteiger partial charge in [-0.2, -0.15) is 0 Å². The predicted octanol–water partition coefficient (Wildman–Crippen LogP) is -7.34. The Bertz CT molecular complexity index is 745. The van der Waals surface area contributed by atoms with Gasteiger partial charge >= 0.3 is 159 Å². The SMILES string of the molecule is [K+].[NH4+].[O]=[Cr](=[O])([O-])[O][Cr](=[O])(=[O])[O-].[O]=[Cr](=[O])([O-])[O][Cr](=[O])(=[O])[OH].c1cc[nH+]cc1. The van der Waals surface area contributed by atoms with E-state index in [9.17, 15) is 42.9 Å². The Balaban J connectivity index is -0.000000137. The maximum Gasteiger partial charge on any atom is 0.166 e. The number of aromatic nitrogens is 1. The number of nitrogens with one attached hydrogen (secondary N) is 1. The molecule has 16 nitrogen and oxygen atoms in total. The molecule has 150 valence electrons. The van der Waals surface area contributed by atoms with Crippen molar-refractivity contribution < 1.29 is 164 Å². The second-order valence-corrected chi connectivity index (χ2v) is 10.2. The molecular formula is C5H11Cr4KN2O14. The number of rotatable bonds is 4. The van der Waals surface area contributed by atoms with E-state index in [1.54, 1.807) is 0 Å². The molecule has 1 heterocycles. The third kappa shape index (κ3) is 39.9. The van der Waals surface area contributed by atoms with E-state index in [0.717, 1.165) is 0 Å². The smallest absolute Gasteiger partial charge is 0.166 e. The Morgan fingerprint density at radius 2 is 1.00 bits per heavy atom. The first kappa shape index (κ1) is 34.5. The summed E-state index contributed by atoms with van der Waals surface area (Å²) in [4.78, 5) is 2.89. The third-order valence-electron chi connectivity index (χ3n) is 0.943. The molecule has 26 heavy (non-hydrogen) atoms. The summed E-state index contributed by atoms with van der Waals surface area (Å²) in [5, 5.41) is 0. The van der Waals surface area contributed by atoms with Crippen LogP contribution in [0.25, 0.3) is 0 Å². The largest absolute Gasteiger partial charge is 0.218 e. The van der Waals surface area contributed by atoms with Crippen molar-refractivity contribution in [2.45, 2.75) is 0 Å². The average Bonchev–Trinajstić information content (AvgIpc) is 2.22. The van der Waals surface area contributed by atoms with Gasteiger partial charge in [0.1, 0.15) is 0 Å². The predicted molar refractivity (Wildman–Crippen MR) is 38.9 cm³/mol. The van der Waals surface area contributed by atoms with Gasteiger partial charge in [-0.15, -0.1) is 0 Å². The standard InChI is InChI=1S/C5H5N.4Cr.K.H3N.H2O.13O/c1-2-4-6-5-3-1;;;;;;;;;;;;;;;;;;;;/h1-5H;;;;;;1H3;1H2;;;;;;;;;;;;;/q;;;;2*+1;;;;;;;;;;;;;3*-1/p+1.